The fourth-order valence-corrected chi connectivity index (χ4v) is 1.63. The molecule has 1 saturated heterocycles. The number of likely N-dealkylation sites (N-methyl/N-ethyl adjacent to an activating group) is 1. The van der Waals surface area contributed by atoms with Crippen LogP contribution in [-0.4, -0.2) is 38.1 Å². The molecule has 0 aromatic heterocycles. The molecular formula is C12H24N2. The van der Waals surface area contributed by atoms with Crippen LogP contribution < -0.4 is 5.32 Å². The Morgan fingerprint density at radius 2 is 2.07 bits per heavy atom. The van der Waals surface area contributed by atoms with Crippen LogP contribution in [0.2, 0.25) is 0 Å². The highest BCUT2D eigenvalue weighted by Crippen LogP contribution is 2.10. The molecule has 82 valence electrons. The van der Waals surface area contributed by atoms with Gasteiger partial charge in [0, 0.05) is 19.6 Å². The van der Waals surface area contributed by atoms with Crippen molar-refractivity contribution in [2.45, 2.75) is 27.2 Å². The molecule has 0 saturated carbocycles. The number of hydrogen-bond acceptors (Lipinski definition) is 2. The van der Waals surface area contributed by atoms with Gasteiger partial charge in [-0.15, -0.1) is 0 Å². The summed E-state index contributed by atoms with van der Waals surface area (Å²) in [5.74, 6) is 0.816. The van der Waals surface area contributed by atoms with Crippen LogP contribution in [0.5, 0.6) is 0 Å². The highest BCUT2D eigenvalue weighted by molar-refractivity contribution is 5.22. The Kier molecular flexibility index (Phi) is 4.63. The van der Waals surface area contributed by atoms with Crippen molar-refractivity contribution in [3.63, 3.8) is 0 Å². The van der Waals surface area contributed by atoms with Crippen LogP contribution in [-0.2, 0) is 0 Å². The molecule has 2 nitrogen and oxygen atoms in total. The van der Waals surface area contributed by atoms with Gasteiger partial charge in [0.05, 0.1) is 0 Å². The molecule has 0 radical (unpaired) electrons. The third kappa shape index (κ3) is 3.81. The Labute approximate surface area is 88.4 Å². The lowest BCUT2D eigenvalue weighted by Crippen LogP contribution is -2.36. The van der Waals surface area contributed by atoms with Crippen molar-refractivity contribution in [2.24, 2.45) is 5.92 Å². The van der Waals surface area contributed by atoms with E-state index in [0.717, 1.165) is 25.6 Å². The average molecular weight is 196 g/mol. The molecule has 1 N–H and O–H groups in total. The molecule has 0 aromatic carbocycles. The molecule has 1 heterocycles. The van der Waals surface area contributed by atoms with E-state index in [4.69, 9.17) is 0 Å². The zero-order chi connectivity index (χ0) is 10.6. The van der Waals surface area contributed by atoms with Crippen LogP contribution in [0.15, 0.2) is 11.1 Å². The van der Waals surface area contributed by atoms with Gasteiger partial charge in [-0.25, -0.2) is 0 Å². The lowest BCUT2D eigenvalue weighted by molar-refractivity contribution is 0.331. The molecule has 0 spiro atoms. The molecule has 0 bridgehead atoms. The second kappa shape index (κ2) is 5.52. The van der Waals surface area contributed by atoms with Crippen LogP contribution in [0.25, 0.3) is 0 Å². The van der Waals surface area contributed by atoms with Crippen LogP contribution in [0, 0.1) is 5.92 Å². The van der Waals surface area contributed by atoms with Gasteiger partial charge in [-0.3, -0.25) is 0 Å². The molecule has 0 unspecified atom stereocenters. The third-order valence-electron chi connectivity index (χ3n) is 2.88. The van der Waals surface area contributed by atoms with Crippen molar-refractivity contribution < 1.29 is 0 Å². The van der Waals surface area contributed by atoms with Crippen LogP contribution in [0.4, 0.5) is 0 Å². The van der Waals surface area contributed by atoms with Gasteiger partial charge in [0.25, 0.3) is 0 Å². The van der Waals surface area contributed by atoms with E-state index in [9.17, 15) is 0 Å². The van der Waals surface area contributed by atoms with Crippen molar-refractivity contribution >= 4 is 0 Å². The summed E-state index contributed by atoms with van der Waals surface area (Å²) in [5.41, 5.74) is 3.18. The fraction of sp³-hybridized carbons (Fsp3) is 0.833. The predicted molar refractivity (Wildman–Crippen MR) is 62.5 cm³/mol. The zero-order valence-electron chi connectivity index (χ0n) is 10.1. The Morgan fingerprint density at radius 3 is 2.50 bits per heavy atom. The molecule has 1 aliphatic rings. The van der Waals surface area contributed by atoms with Crippen molar-refractivity contribution in [2.75, 3.05) is 33.2 Å². The van der Waals surface area contributed by atoms with Gasteiger partial charge < -0.3 is 10.2 Å². The van der Waals surface area contributed by atoms with Crippen molar-refractivity contribution in [1.29, 1.82) is 0 Å². The zero-order valence-corrected chi connectivity index (χ0v) is 10.1. The first-order chi connectivity index (χ1) is 6.59. The van der Waals surface area contributed by atoms with E-state index in [1.807, 2.05) is 0 Å². The summed E-state index contributed by atoms with van der Waals surface area (Å²) in [6, 6.07) is 0. The summed E-state index contributed by atoms with van der Waals surface area (Å²) in [6.45, 7) is 11.4. The summed E-state index contributed by atoms with van der Waals surface area (Å²) in [4.78, 5) is 2.43. The number of nitrogens with zero attached hydrogens (tertiary/aromatic N) is 1. The normalized spacial score (nSPS) is 16.3. The van der Waals surface area contributed by atoms with E-state index >= 15 is 0 Å². The second-order valence-corrected chi connectivity index (χ2v) is 4.91. The van der Waals surface area contributed by atoms with Gasteiger partial charge in [0.15, 0.2) is 0 Å². The van der Waals surface area contributed by atoms with Crippen LogP contribution in [0.3, 0.4) is 0 Å². The van der Waals surface area contributed by atoms with E-state index in [2.05, 4.69) is 38.0 Å². The topological polar surface area (TPSA) is 15.3 Å². The smallest absolute Gasteiger partial charge is 0.0190 e. The lowest BCUT2D eigenvalue weighted by Gasteiger charge is -2.25. The van der Waals surface area contributed by atoms with E-state index < -0.39 is 0 Å². The molecular weight excluding hydrogens is 172 g/mol. The van der Waals surface area contributed by atoms with Gasteiger partial charge in [-0.1, -0.05) is 19.4 Å². The van der Waals surface area contributed by atoms with Crippen molar-refractivity contribution in [1.82, 2.24) is 10.2 Å². The van der Waals surface area contributed by atoms with Gasteiger partial charge in [-0.05, 0) is 38.4 Å². The molecule has 1 aliphatic heterocycles. The maximum atomic E-state index is 3.29. The Balaban J connectivity index is 2.22. The van der Waals surface area contributed by atoms with Crippen LogP contribution in [0.1, 0.15) is 27.2 Å². The first-order valence-electron chi connectivity index (χ1n) is 5.66. The summed E-state index contributed by atoms with van der Waals surface area (Å²) >= 11 is 0. The summed E-state index contributed by atoms with van der Waals surface area (Å²) in [7, 11) is 2.22. The first kappa shape index (κ1) is 11.7. The van der Waals surface area contributed by atoms with E-state index in [1.54, 1.807) is 11.1 Å². The molecule has 1 fully saturated rings. The van der Waals surface area contributed by atoms with E-state index in [1.165, 1.54) is 13.0 Å². The first-order valence-corrected chi connectivity index (χ1v) is 5.66. The molecule has 1 rings (SSSR count). The number of hydrogen-bond donors (Lipinski definition) is 1. The largest absolute Gasteiger partial charge is 0.309 e. The maximum Gasteiger partial charge on any atom is 0.0190 e. The van der Waals surface area contributed by atoms with Crippen LogP contribution >= 0.6 is 0 Å². The minimum Gasteiger partial charge on any atom is -0.309 e. The summed E-state index contributed by atoms with van der Waals surface area (Å²) in [6.07, 6.45) is 1.30. The summed E-state index contributed by atoms with van der Waals surface area (Å²) < 4.78 is 0. The van der Waals surface area contributed by atoms with Crippen molar-refractivity contribution in [3.05, 3.63) is 11.1 Å². The van der Waals surface area contributed by atoms with E-state index in [-0.39, 0.29) is 0 Å². The highest BCUT2D eigenvalue weighted by Gasteiger charge is 2.11. The molecule has 14 heavy (non-hydrogen) atoms. The van der Waals surface area contributed by atoms with Gasteiger partial charge >= 0.3 is 0 Å². The minimum atomic E-state index is 0.816. The predicted octanol–water partition coefficient (Wildman–Crippen LogP) is 1.88. The molecule has 0 aromatic rings. The van der Waals surface area contributed by atoms with Gasteiger partial charge in [-0.2, -0.15) is 0 Å². The van der Waals surface area contributed by atoms with Gasteiger partial charge in [0.1, 0.15) is 0 Å². The monoisotopic (exact) mass is 196 g/mol. The quantitative estimate of drug-likeness (QED) is 0.675. The van der Waals surface area contributed by atoms with Crippen molar-refractivity contribution in [3.8, 4) is 0 Å². The lowest BCUT2D eigenvalue weighted by atomic mass is 10.0. The Morgan fingerprint density at radius 1 is 1.43 bits per heavy atom. The minimum absolute atomic E-state index is 0.816. The van der Waals surface area contributed by atoms with E-state index in [0.29, 0.717) is 0 Å². The Bertz CT molecular complexity index is 200. The average Bonchev–Trinajstić information content (AvgIpc) is 1.97. The molecule has 2 heteroatoms. The Hall–Kier alpha value is -0.340. The number of rotatable bonds is 5. The maximum absolute atomic E-state index is 3.29. The molecule has 0 atom stereocenters. The SMILES string of the molecule is CC(CN(C)CCC(C)C)=C1CNC1. The fourth-order valence-electron chi connectivity index (χ4n) is 1.63. The standard InChI is InChI=1S/C12H24N2/c1-10(2)5-6-14(4)9-11(3)12-7-13-8-12/h10,13H,5-9H2,1-4H3. The molecule has 0 amide bonds. The molecule has 0 aliphatic carbocycles. The third-order valence-corrected chi connectivity index (χ3v) is 2.88. The highest BCUT2D eigenvalue weighted by atomic mass is 15.1. The number of nitrogens with one attached hydrogen (secondary N) is 1. The summed E-state index contributed by atoms with van der Waals surface area (Å²) in [5, 5.41) is 3.29. The second-order valence-electron chi connectivity index (χ2n) is 4.91. The van der Waals surface area contributed by atoms with Gasteiger partial charge in [0.2, 0.25) is 0 Å².